The number of nitrogens with zero attached hydrogens (tertiary/aromatic N) is 3. The van der Waals surface area contributed by atoms with Gasteiger partial charge in [0.15, 0.2) is 0 Å². The monoisotopic (exact) mass is 420 g/mol. The van der Waals surface area contributed by atoms with Gasteiger partial charge < -0.3 is 0 Å². The van der Waals surface area contributed by atoms with E-state index in [-0.39, 0.29) is 17.2 Å². The number of aromatic nitrogens is 2. The summed E-state index contributed by atoms with van der Waals surface area (Å²) >= 11 is 1.17. The molecule has 28 heavy (non-hydrogen) atoms. The molecule has 0 saturated heterocycles. The molecule has 0 spiro atoms. The standard InChI is InChI=1S/C18H17FN4O3S2/c1-28(25,26)23(11-14-9-5-6-10-15(14)19)12-16(24)20-18-22-21-17(27-18)13-7-3-2-4-8-13/h2-10H,11-12H2,1H3,(H,20,22,24). The first-order valence-corrected chi connectivity index (χ1v) is 10.9. The summed E-state index contributed by atoms with van der Waals surface area (Å²) in [6.07, 6.45) is 0.972. The summed E-state index contributed by atoms with van der Waals surface area (Å²) in [6.45, 7) is -0.711. The highest BCUT2D eigenvalue weighted by molar-refractivity contribution is 7.88. The Morgan fingerprint density at radius 1 is 1.11 bits per heavy atom. The molecular formula is C18H17FN4O3S2. The van der Waals surface area contributed by atoms with Crippen molar-refractivity contribution in [3.8, 4) is 10.6 Å². The SMILES string of the molecule is CS(=O)(=O)N(CC(=O)Nc1nnc(-c2ccccc2)s1)Cc1ccccc1F. The van der Waals surface area contributed by atoms with E-state index in [0.29, 0.717) is 5.01 Å². The highest BCUT2D eigenvalue weighted by Gasteiger charge is 2.22. The number of amides is 1. The van der Waals surface area contributed by atoms with Crippen LogP contribution in [-0.4, -0.2) is 41.6 Å². The number of hydrogen-bond donors (Lipinski definition) is 1. The number of nitrogens with one attached hydrogen (secondary N) is 1. The first-order chi connectivity index (χ1) is 13.3. The summed E-state index contributed by atoms with van der Waals surface area (Å²) in [5.41, 5.74) is 1.04. The van der Waals surface area contributed by atoms with Crippen LogP contribution in [0.25, 0.3) is 10.6 Å². The molecule has 2 aromatic carbocycles. The minimum atomic E-state index is -3.73. The zero-order valence-electron chi connectivity index (χ0n) is 14.9. The lowest BCUT2D eigenvalue weighted by Gasteiger charge is -2.19. The van der Waals surface area contributed by atoms with Gasteiger partial charge in [-0.2, -0.15) is 4.31 Å². The van der Waals surface area contributed by atoms with E-state index in [9.17, 15) is 17.6 Å². The Balaban J connectivity index is 1.69. The number of sulfonamides is 1. The van der Waals surface area contributed by atoms with Crippen LogP contribution in [-0.2, 0) is 21.4 Å². The third-order valence-electron chi connectivity index (χ3n) is 3.79. The average Bonchev–Trinajstić information content (AvgIpc) is 3.11. The summed E-state index contributed by atoms with van der Waals surface area (Å²) in [7, 11) is -3.73. The van der Waals surface area contributed by atoms with Gasteiger partial charge in [-0.3, -0.25) is 10.1 Å². The molecule has 0 unspecified atom stereocenters. The van der Waals surface area contributed by atoms with Crippen LogP contribution in [0.3, 0.4) is 0 Å². The third-order valence-corrected chi connectivity index (χ3v) is 5.87. The molecule has 0 saturated carbocycles. The molecule has 10 heteroatoms. The van der Waals surface area contributed by atoms with Gasteiger partial charge in [0, 0.05) is 17.7 Å². The fourth-order valence-electron chi connectivity index (χ4n) is 2.40. The number of rotatable bonds is 7. The smallest absolute Gasteiger partial charge is 0.241 e. The van der Waals surface area contributed by atoms with Crippen LogP contribution in [0, 0.1) is 5.82 Å². The van der Waals surface area contributed by atoms with Crippen molar-refractivity contribution in [3.05, 3.63) is 66.0 Å². The van der Waals surface area contributed by atoms with Crippen molar-refractivity contribution in [2.45, 2.75) is 6.54 Å². The fraction of sp³-hybridized carbons (Fsp3) is 0.167. The van der Waals surface area contributed by atoms with Crippen LogP contribution in [0.2, 0.25) is 0 Å². The zero-order chi connectivity index (χ0) is 20.1. The van der Waals surface area contributed by atoms with E-state index < -0.39 is 28.3 Å². The second-order valence-corrected chi connectivity index (χ2v) is 8.91. The number of halogens is 1. The molecule has 0 aliphatic carbocycles. The molecule has 1 aromatic heterocycles. The number of carbonyl (C=O) groups excluding carboxylic acids is 1. The Morgan fingerprint density at radius 2 is 1.79 bits per heavy atom. The average molecular weight is 420 g/mol. The molecule has 0 bridgehead atoms. The van der Waals surface area contributed by atoms with Crippen LogP contribution >= 0.6 is 11.3 Å². The Hall–Kier alpha value is -2.69. The maximum atomic E-state index is 13.8. The van der Waals surface area contributed by atoms with E-state index in [2.05, 4.69) is 15.5 Å². The van der Waals surface area contributed by atoms with Crippen LogP contribution in [0.4, 0.5) is 9.52 Å². The minimum Gasteiger partial charge on any atom is -0.299 e. The van der Waals surface area contributed by atoms with Crippen LogP contribution < -0.4 is 5.32 Å². The van der Waals surface area contributed by atoms with Crippen molar-refractivity contribution in [2.24, 2.45) is 0 Å². The predicted octanol–water partition coefficient (Wildman–Crippen LogP) is 2.74. The molecule has 0 aliphatic heterocycles. The van der Waals surface area contributed by atoms with Gasteiger partial charge in [0.1, 0.15) is 10.8 Å². The van der Waals surface area contributed by atoms with Gasteiger partial charge in [-0.05, 0) is 6.07 Å². The number of carbonyl (C=O) groups is 1. The largest absolute Gasteiger partial charge is 0.299 e. The zero-order valence-corrected chi connectivity index (χ0v) is 16.5. The number of anilines is 1. The summed E-state index contributed by atoms with van der Waals surface area (Å²) < 4.78 is 38.8. The van der Waals surface area contributed by atoms with Gasteiger partial charge in [0.2, 0.25) is 21.1 Å². The molecule has 1 heterocycles. The number of hydrogen-bond acceptors (Lipinski definition) is 6. The second-order valence-electron chi connectivity index (χ2n) is 5.95. The highest BCUT2D eigenvalue weighted by atomic mass is 32.2. The van der Waals surface area contributed by atoms with Crippen molar-refractivity contribution in [1.29, 1.82) is 0 Å². The second kappa shape index (κ2) is 8.55. The van der Waals surface area contributed by atoms with E-state index in [4.69, 9.17) is 0 Å². The lowest BCUT2D eigenvalue weighted by atomic mass is 10.2. The van der Waals surface area contributed by atoms with E-state index in [1.807, 2.05) is 30.3 Å². The summed E-state index contributed by atoms with van der Waals surface area (Å²) in [4.78, 5) is 12.3. The van der Waals surface area contributed by atoms with Crippen LogP contribution in [0.15, 0.2) is 54.6 Å². The normalized spacial score (nSPS) is 11.5. The maximum absolute atomic E-state index is 13.8. The van der Waals surface area contributed by atoms with Gasteiger partial charge in [0.05, 0.1) is 12.8 Å². The van der Waals surface area contributed by atoms with Gasteiger partial charge in [-0.1, -0.05) is 59.9 Å². The molecule has 0 aliphatic rings. The number of benzene rings is 2. The first-order valence-electron chi connectivity index (χ1n) is 8.20. The first kappa shape index (κ1) is 20.1. The molecular weight excluding hydrogens is 403 g/mol. The lowest BCUT2D eigenvalue weighted by molar-refractivity contribution is -0.116. The van der Waals surface area contributed by atoms with Crippen molar-refractivity contribution in [2.75, 3.05) is 18.1 Å². The quantitative estimate of drug-likeness (QED) is 0.635. The van der Waals surface area contributed by atoms with Gasteiger partial charge in [-0.25, -0.2) is 12.8 Å². The van der Waals surface area contributed by atoms with Crippen LogP contribution in [0.1, 0.15) is 5.56 Å². The van der Waals surface area contributed by atoms with Crippen molar-refractivity contribution >= 4 is 32.4 Å². The van der Waals surface area contributed by atoms with Crippen molar-refractivity contribution < 1.29 is 17.6 Å². The molecule has 146 valence electrons. The van der Waals surface area contributed by atoms with Gasteiger partial charge >= 0.3 is 0 Å². The molecule has 7 nitrogen and oxygen atoms in total. The van der Waals surface area contributed by atoms with E-state index >= 15 is 0 Å². The minimum absolute atomic E-state index is 0.183. The Kier molecular flexibility index (Phi) is 6.12. The van der Waals surface area contributed by atoms with E-state index in [0.717, 1.165) is 16.1 Å². The highest BCUT2D eigenvalue weighted by Crippen LogP contribution is 2.25. The molecule has 0 fully saturated rings. The fourth-order valence-corrected chi connectivity index (χ4v) is 3.89. The van der Waals surface area contributed by atoms with Crippen molar-refractivity contribution in [1.82, 2.24) is 14.5 Å². The predicted molar refractivity (Wildman–Crippen MR) is 106 cm³/mol. The molecule has 1 N–H and O–H groups in total. The summed E-state index contributed by atoms with van der Waals surface area (Å²) in [5.74, 6) is -1.12. The lowest BCUT2D eigenvalue weighted by Crippen LogP contribution is -2.37. The Labute approximate surface area is 165 Å². The van der Waals surface area contributed by atoms with Crippen LogP contribution in [0.5, 0.6) is 0 Å². The van der Waals surface area contributed by atoms with Crippen molar-refractivity contribution in [3.63, 3.8) is 0 Å². The molecule has 1 amide bonds. The van der Waals surface area contributed by atoms with Gasteiger partial charge in [0.25, 0.3) is 0 Å². The molecule has 3 aromatic rings. The maximum Gasteiger partial charge on any atom is 0.241 e. The molecule has 0 atom stereocenters. The molecule has 3 rings (SSSR count). The summed E-state index contributed by atoms with van der Waals surface area (Å²) in [6, 6.07) is 15.2. The van der Waals surface area contributed by atoms with E-state index in [1.165, 1.54) is 29.5 Å². The van der Waals surface area contributed by atoms with E-state index in [1.54, 1.807) is 6.07 Å². The summed E-state index contributed by atoms with van der Waals surface area (Å²) in [5, 5.41) is 11.3. The molecule has 0 radical (unpaired) electrons. The third kappa shape index (κ3) is 5.18. The van der Waals surface area contributed by atoms with Gasteiger partial charge in [-0.15, -0.1) is 10.2 Å². The Morgan fingerprint density at radius 3 is 2.46 bits per heavy atom. The Bertz CT molecular complexity index is 1070. The topological polar surface area (TPSA) is 92.3 Å².